The van der Waals surface area contributed by atoms with E-state index in [0.717, 1.165) is 22.4 Å². The van der Waals surface area contributed by atoms with Gasteiger partial charge in [-0.05, 0) is 55.2 Å². The van der Waals surface area contributed by atoms with Gasteiger partial charge in [-0.2, -0.15) is 26.3 Å². The van der Waals surface area contributed by atoms with Crippen molar-refractivity contribution in [2.75, 3.05) is 44.6 Å². The van der Waals surface area contributed by atoms with E-state index in [-0.39, 0.29) is 37.1 Å². The minimum Gasteiger partial charge on any atom is -0.338 e. The van der Waals surface area contributed by atoms with E-state index in [1.807, 2.05) is 62.4 Å². The molecule has 45 heavy (non-hydrogen) atoms. The third-order valence-corrected chi connectivity index (χ3v) is 8.71. The van der Waals surface area contributed by atoms with Gasteiger partial charge in [0.15, 0.2) is 0 Å². The summed E-state index contributed by atoms with van der Waals surface area (Å²) < 4.78 is 80.9. The average molecular weight is 633 g/mol. The number of nitrogens with zero attached hydrogens (tertiary/aromatic N) is 3. The number of piperazine rings is 1. The van der Waals surface area contributed by atoms with Gasteiger partial charge in [0.1, 0.15) is 0 Å². The van der Waals surface area contributed by atoms with Crippen molar-refractivity contribution in [1.82, 2.24) is 14.7 Å². The maximum atomic E-state index is 13.5. The molecule has 2 unspecified atom stereocenters. The smallest absolute Gasteiger partial charge is 0.338 e. The van der Waals surface area contributed by atoms with Crippen LogP contribution in [0.2, 0.25) is 0 Å². The maximum Gasteiger partial charge on any atom is 0.416 e. The third-order valence-electron chi connectivity index (χ3n) is 8.71. The van der Waals surface area contributed by atoms with Crippen LogP contribution in [0, 0.1) is 13.8 Å². The first kappa shape index (κ1) is 32.3. The van der Waals surface area contributed by atoms with E-state index in [0.29, 0.717) is 44.7 Å². The Morgan fingerprint density at radius 3 is 1.87 bits per heavy atom. The summed E-state index contributed by atoms with van der Waals surface area (Å²) in [6.45, 7) is 6.25. The zero-order valence-corrected chi connectivity index (χ0v) is 24.9. The van der Waals surface area contributed by atoms with Gasteiger partial charge in [-0.1, -0.05) is 48.5 Å². The highest BCUT2D eigenvalue weighted by Gasteiger charge is 2.40. The van der Waals surface area contributed by atoms with Crippen LogP contribution in [0.15, 0.2) is 66.7 Å². The Balaban J connectivity index is 1.32. The number of alkyl halides is 6. The molecule has 2 atom stereocenters. The fraction of sp³-hybridized carbons (Fsp3) is 0.394. The zero-order valence-electron chi connectivity index (χ0n) is 24.9. The van der Waals surface area contributed by atoms with Gasteiger partial charge >= 0.3 is 18.4 Å². The van der Waals surface area contributed by atoms with E-state index in [1.54, 1.807) is 4.90 Å². The number of likely N-dealkylation sites (tertiary alicyclic amines) is 1. The van der Waals surface area contributed by atoms with Gasteiger partial charge in [0.05, 0.1) is 11.1 Å². The quantitative estimate of drug-likeness (QED) is 0.310. The number of hydrogen-bond donors (Lipinski definition) is 1. The summed E-state index contributed by atoms with van der Waals surface area (Å²) in [6, 6.07) is 15.9. The van der Waals surface area contributed by atoms with Gasteiger partial charge in [0, 0.05) is 62.5 Å². The number of nitrogens with one attached hydrogen (secondary N) is 1. The number of rotatable bonds is 4. The number of hydrogen-bond acceptors (Lipinski definition) is 3. The number of anilines is 1. The van der Waals surface area contributed by atoms with Gasteiger partial charge < -0.3 is 15.1 Å². The van der Waals surface area contributed by atoms with Crippen LogP contribution in [0.5, 0.6) is 0 Å². The molecule has 2 aliphatic rings. The highest BCUT2D eigenvalue weighted by molar-refractivity contribution is 5.95. The molecule has 2 heterocycles. The lowest BCUT2D eigenvalue weighted by Crippen LogP contribution is -2.57. The molecule has 1 N–H and O–H groups in total. The number of urea groups is 1. The molecular weight excluding hydrogens is 598 g/mol. The van der Waals surface area contributed by atoms with Crippen LogP contribution in [-0.4, -0.2) is 71.9 Å². The van der Waals surface area contributed by atoms with Crippen LogP contribution < -0.4 is 5.32 Å². The number of para-hydroxylation sites is 1. The fourth-order valence-corrected chi connectivity index (χ4v) is 6.30. The second-order valence-electron chi connectivity index (χ2n) is 11.6. The Morgan fingerprint density at radius 1 is 0.733 bits per heavy atom. The molecule has 3 aromatic rings. The molecule has 5 rings (SSSR count). The lowest BCUT2D eigenvalue weighted by molar-refractivity contribution is -0.143. The van der Waals surface area contributed by atoms with Crippen molar-refractivity contribution in [3.63, 3.8) is 0 Å². The highest BCUT2D eigenvalue weighted by Crippen LogP contribution is 2.38. The standard InChI is InChI=1S/C33H34F6N4O2/c1-21-7-6-8-22(2)29(21)40-31(45)42-15-13-41(14-16-42)28-11-12-43(20-27(28)23-9-4-3-5-10-23)30(44)24-17-25(32(34,35)36)19-26(18-24)33(37,38)39/h3-10,17-19,27-28H,11-16,20H2,1-2H3,(H,40,45). The molecule has 0 aromatic heterocycles. The summed E-state index contributed by atoms with van der Waals surface area (Å²) in [5.41, 5.74) is -0.0535. The molecule has 0 bridgehead atoms. The third kappa shape index (κ3) is 7.27. The lowest BCUT2D eigenvalue weighted by atomic mass is 9.84. The monoisotopic (exact) mass is 632 g/mol. The highest BCUT2D eigenvalue weighted by atomic mass is 19.4. The summed E-state index contributed by atoms with van der Waals surface area (Å²) in [5, 5.41) is 3.02. The van der Waals surface area contributed by atoms with Crippen molar-refractivity contribution in [2.45, 2.75) is 44.6 Å². The number of amides is 3. The van der Waals surface area contributed by atoms with E-state index in [2.05, 4.69) is 10.2 Å². The van der Waals surface area contributed by atoms with E-state index in [1.165, 1.54) is 4.90 Å². The van der Waals surface area contributed by atoms with Gasteiger partial charge in [0.25, 0.3) is 5.91 Å². The maximum absolute atomic E-state index is 13.5. The molecule has 240 valence electrons. The molecule has 3 aromatic carbocycles. The Bertz CT molecular complexity index is 1480. The molecule has 2 saturated heterocycles. The first-order chi connectivity index (χ1) is 21.2. The summed E-state index contributed by atoms with van der Waals surface area (Å²) in [5.74, 6) is -1.12. The van der Waals surface area contributed by atoms with Gasteiger partial charge in [-0.3, -0.25) is 9.69 Å². The van der Waals surface area contributed by atoms with E-state index >= 15 is 0 Å². The molecule has 2 aliphatic heterocycles. The molecular formula is C33H34F6N4O2. The van der Waals surface area contributed by atoms with Crippen LogP contribution in [0.3, 0.4) is 0 Å². The predicted octanol–water partition coefficient (Wildman–Crippen LogP) is 7.19. The summed E-state index contributed by atoms with van der Waals surface area (Å²) >= 11 is 0. The van der Waals surface area contributed by atoms with E-state index in [9.17, 15) is 35.9 Å². The normalized spacial score (nSPS) is 19.8. The largest absolute Gasteiger partial charge is 0.416 e. The molecule has 0 radical (unpaired) electrons. The summed E-state index contributed by atoms with van der Waals surface area (Å²) in [6.07, 6.45) is -9.63. The van der Waals surface area contributed by atoms with Gasteiger partial charge in [0.2, 0.25) is 0 Å². The van der Waals surface area contributed by atoms with Crippen molar-refractivity contribution in [2.24, 2.45) is 0 Å². The number of benzene rings is 3. The van der Waals surface area contributed by atoms with Crippen molar-refractivity contribution < 1.29 is 35.9 Å². The van der Waals surface area contributed by atoms with Gasteiger partial charge in [-0.15, -0.1) is 0 Å². The summed E-state index contributed by atoms with van der Waals surface area (Å²) in [7, 11) is 0. The first-order valence-electron chi connectivity index (χ1n) is 14.7. The second-order valence-corrected chi connectivity index (χ2v) is 11.6. The number of halogens is 6. The zero-order chi connectivity index (χ0) is 32.5. The Hall–Kier alpha value is -4.06. The van der Waals surface area contributed by atoms with E-state index in [4.69, 9.17) is 0 Å². The van der Waals surface area contributed by atoms with Crippen LogP contribution in [0.4, 0.5) is 36.8 Å². The summed E-state index contributed by atoms with van der Waals surface area (Å²) in [4.78, 5) is 31.9. The average Bonchev–Trinajstić information content (AvgIpc) is 3.01. The minimum absolute atomic E-state index is 0.0257. The SMILES string of the molecule is Cc1cccc(C)c1NC(=O)N1CCN(C2CCN(C(=O)c3cc(C(F)(F)F)cc(C(F)(F)F)c3)CC2c2ccccc2)CC1. The fourth-order valence-electron chi connectivity index (χ4n) is 6.30. The first-order valence-corrected chi connectivity index (χ1v) is 14.7. The van der Waals surface area contributed by atoms with Crippen LogP contribution in [0.25, 0.3) is 0 Å². The van der Waals surface area contributed by atoms with Crippen LogP contribution in [-0.2, 0) is 12.4 Å². The van der Waals surface area contributed by atoms with Crippen LogP contribution >= 0.6 is 0 Å². The molecule has 3 amide bonds. The van der Waals surface area contributed by atoms with Crippen molar-refractivity contribution in [3.8, 4) is 0 Å². The number of aryl methyl sites for hydroxylation is 2. The Kier molecular flexibility index (Phi) is 9.16. The van der Waals surface area contributed by atoms with Crippen LogP contribution in [0.1, 0.15) is 50.5 Å². The molecule has 6 nitrogen and oxygen atoms in total. The Labute approximate surface area is 257 Å². The van der Waals surface area contributed by atoms with Crippen molar-refractivity contribution in [1.29, 1.82) is 0 Å². The van der Waals surface area contributed by atoms with E-state index < -0.39 is 35.0 Å². The predicted molar refractivity (Wildman–Crippen MR) is 158 cm³/mol. The molecule has 0 saturated carbocycles. The van der Waals surface area contributed by atoms with Gasteiger partial charge in [-0.25, -0.2) is 4.79 Å². The second kappa shape index (κ2) is 12.7. The number of carbonyl (C=O) groups excluding carboxylic acids is 2. The van der Waals surface area contributed by atoms with Crippen molar-refractivity contribution >= 4 is 17.6 Å². The van der Waals surface area contributed by atoms with Crippen molar-refractivity contribution in [3.05, 3.63) is 100 Å². The topological polar surface area (TPSA) is 55.9 Å². The lowest BCUT2D eigenvalue weighted by Gasteiger charge is -2.47. The molecule has 0 spiro atoms. The number of carbonyl (C=O) groups is 2. The minimum atomic E-state index is -5.05. The molecule has 12 heteroatoms. The molecule has 0 aliphatic carbocycles. The Morgan fingerprint density at radius 2 is 1.31 bits per heavy atom. The molecule has 2 fully saturated rings. The number of piperidine rings is 1.